The number of aromatic nitrogens is 2. The Balaban J connectivity index is 1.69. The standard InChI is InChI=1S/C19H15ClN5OS/c20-14-5-3-4-12(8-21)18(14)25-10-13(11-26)27-19(25)24-17-9-22-15-6-1-2-7-16(15)23-17/h1-7,9-10,19H,8,21H2,(H,23,24). The van der Waals surface area contributed by atoms with Gasteiger partial charge < -0.3 is 16.0 Å². The van der Waals surface area contributed by atoms with Crippen LogP contribution in [0.3, 0.4) is 0 Å². The molecule has 1 unspecified atom stereocenters. The van der Waals surface area contributed by atoms with E-state index in [2.05, 4.69) is 15.3 Å². The lowest BCUT2D eigenvalue weighted by atomic mass is 10.1. The molecule has 0 fully saturated rings. The maximum atomic E-state index is 11.2. The van der Waals surface area contributed by atoms with Gasteiger partial charge in [-0.05, 0) is 23.8 Å². The van der Waals surface area contributed by atoms with Gasteiger partial charge in [-0.1, -0.05) is 47.6 Å². The molecule has 1 atom stereocenters. The van der Waals surface area contributed by atoms with Gasteiger partial charge in [0.1, 0.15) is 5.82 Å². The Morgan fingerprint density at radius 3 is 2.81 bits per heavy atom. The summed E-state index contributed by atoms with van der Waals surface area (Å²) in [5, 5.41) is 3.86. The lowest BCUT2D eigenvalue weighted by Gasteiger charge is -2.28. The molecular formula is C19H15ClN5OS. The van der Waals surface area contributed by atoms with E-state index in [0.717, 1.165) is 22.3 Å². The lowest BCUT2D eigenvalue weighted by molar-refractivity contribution is 0.563. The van der Waals surface area contributed by atoms with E-state index >= 15 is 0 Å². The van der Waals surface area contributed by atoms with E-state index in [0.29, 0.717) is 22.3 Å². The van der Waals surface area contributed by atoms with Gasteiger partial charge in [-0.15, -0.1) is 0 Å². The fourth-order valence-electron chi connectivity index (χ4n) is 2.90. The molecule has 0 bridgehead atoms. The molecule has 135 valence electrons. The fraction of sp³-hybridized carbons (Fsp3) is 0.105. The number of rotatable bonds is 5. The van der Waals surface area contributed by atoms with E-state index in [9.17, 15) is 4.79 Å². The number of allylic oxidation sites excluding steroid dienone is 1. The van der Waals surface area contributed by atoms with E-state index in [1.165, 1.54) is 11.8 Å². The summed E-state index contributed by atoms with van der Waals surface area (Å²) in [5.41, 5.74) is 8.78. The van der Waals surface area contributed by atoms with Crippen LogP contribution in [0.2, 0.25) is 5.02 Å². The molecule has 0 saturated carbocycles. The smallest absolute Gasteiger partial charge is 0.242 e. The summed E-state index contributed by atoms with van der Waals surface area (Å²) in [7, 11) is 0. The van der Waals surface area contributed by atoms with Crippen molar-refractivity contribution in [1.82, 2.24) is 9.97 Å². The maximum Gasteiger partial charge on any atom is 0.242 e. The predicted octanol–water partition coefficient (Wildman–Crippen LogP) is 3.64. The highest BCUT2D eigenvalue weighted by Gasteiger charge is 2.30. The van der Waals surface area contributed by atoms with Crippen LogP contribution in [0.25, 0.3) is 11.0 Å². The molecule has 27 heavy (non-hydrogen) atoms. The number of hydrogen-bond donors (Lipinski definition) is 2. The second-order valence-corrected chi connectivity index (χ2v) is 7.34. The quantitative estimate of drug-likeness (QED) is 0.681. The highest BCUT2D eigenvalue weighted by atomic mass is 35.5. The number of halogens is 1. The van der Waals surface area contributed by atoms with E-state index in [-0.39, 0.29) is 5.50 Å². The number of fused-ring (bicyclic) bond motifs is 1. The highest BCUT2D eigenvalue weighted by Crippen LogP contribution is 2.40. The lowest BCUT2D eigenvalue weighted by Crippen LogP contribution is -2.33. The average Bonchev–Trinajstić information content (AvgIpc) is 3.10. The van der Waals surface area contributed by atoms with Crippen molar-refractivity contribution in [1.29, 1.82) is 0 Å². The molecule has 2 aromatic carbocycles. The Bertz CT molecular complexity index is 1040. The number of nitrogens with one attached hydrogen (secondary N) is 1. The van der Waals surface area contributed by atoms with Gasteiger partial charge in [-0.3, -0.25) is 9.78 Å². The topological polar surface area (TPSA) is 84.1 Å². The monoisotopic (exact) mass is 396 g/mol. The Hall–Kier alpha value is -2.61. The molecule has 4 rings (SSSR count). The summed E-state index contributed by atoms with van der Waals surface area (Å²) >= 11 is 7.76. The molecule has 6 nitrogen and oxygen atoms in total. The van der Waals surface area contributed by atoms with Gasteiger partial charge in [0.2, 0.25) is 6.29 Å². The number of para-hydroxylation sites is 3. The summed E-state index contributed by atoms with van der Waals surface area (Å²) in [6.07, 6.45) is 5.33. The van der Waals surface area contributed by atoms with E-state index in [4.69, 9.17) is 17.3 Å². The number of thioether (sulfide) groups is 1. The zero-order valence-electron chi connectivity index (χ0n) is 14.1. The van der Waals surface area contributed by atoms with Crippen LogP contribution in [0, 0.1) is 0 Å². The Morgan fingerprint density at radius 2 is 2.04 bits per heavy atom. The molecule has 1 radical (unpaired) electrons. The van der Waals surface area contributed by atoms with Crippen molar-refractivity contribution in [2.24, 2.45) is 5.73 Å². The van der Waals surface area contributed by atoms with Gasteiger partial charge in [0, 0.05) is 12.7 Å². The second kappa shape index (κ2) is 7.56. The molecule has 0 spiro atoms. The van der Waals surface area contributed by atoms with Crippen LogP contribution < -0.4 is 16.0 Å². The van der Waals surface area contributed by atoms with Crippen LogP contribution >= 0.6 is 23.4 Å². The molecule has 2 heterocycles. The van der Waals surface area contributed by atoms with Crippen molar-refractivity contribution >= 4 is 52.2 Å². The van der Waals surface area contributed by atoms with Crippen molar-refractivity contribution in [2.45, 2.75) is 12.0 Å². The third-order valence-corrected chi connectivity index (χ3v) is 5.43. The van der Waals surface area contributed by atoms with E-state index in [1.807, 2.05) is 47.6 Å². The Morgan fingerprint density at radius 1 is 1.22 bits per heavy atom. The number of hydrogen-bond acceptors (Lipinski definition) is 7. The van der Waals surface area contributed by atoms with Crippen molar-refractivity contribution in [3.8, 4) is 0 Å². The molecule has 3 N–H and O–H groups in total. The molecule has 1 aliphatic heterocycles. The van der Waals surface area contributed by atoms with Gasteiger partial charge >= 0.3 is 0 Å². The normalized spacial score (nSPS) is 16.4. The Labute approximate surface area is 165 Å². The number of nitrogens with two attached hydrogens (primary N) is 1. The van der Waals surface area contributed by atoms with Gasteiger partial charge in [-0.2, -0.15) is 0 Å². The number of nitrogens with zero attached hydrogens (tertiary/aromatic N) is 3. The SMILES string of the molecule is NCc1cccc(Cl)c1N1C=C([C]=O)SC1Nc1cnc2ccccc2n1. The van der Waals surface area contributed by atoms with Gasteiger partial charge in [0.15, 0.2) is 5.50 Å². The molecular weight excluding hydrogens is 382 g/mol. The van der Waals surface area contributed by atoms with Gasteiger partial charge in [-0.25, -0.2) is 4.98 Å². The van der Waals surface area contributed by atoms with Crippen LogP contribution in [-0.4, -0.2) is 21.8 Å². The van der Waals surface area contributed by atoms with Crippen LogP contribution in [0.5, 0.6) is 0 Å². The largest absolute Gasteiger partial charge is 0.340 e. The first-order chi connectivity index (χ1) is 13.2. The summed E-state index contributed by atoms with van der Waals surface area (Å²) < 4.78 is 0. The van der Waals surface area contributed by atoms with Crippen molar-refractivity contribution in [2.75, 3.05) is 10.2 Å². The third kappa shape index (κ3) is 3.49. The summed E-state index contributed by atoms with van der Waals surface area (Å²) in [4.78, 5) is 22.6. The Kier molecular flexibility index (Phi) is 4.98. The molecule has 0 saturated heterocycles. The first-order valence-electron chi connectivity index (χ1n) is 8.20. The van der Waals surface area contributed by atoms with Crippen LogP contribution in [0.4, 0.5) is 11.5 Å². The van der Waals surface area contributed by atoms with Crippen molar-refractivity contribution in [3.63, 3.8) is 0 Å². The predicted molar refractivity (Wildman–Crippen MR) is 110 cm³/mol. The van der Waals surface area contributed by atoms with Crippen LogP contribution in [-0.2, 0) is 11.3 Å². The summed E-state index contributed by atoms with van der Waals surface area (Å²) in [6, 6.07) is 13.2. The number of benzene rings is 2. The maximum absolute atomic E-state index is 11.2. The molecule has 0 aliphatic carbocycles. The van der Waals surface area contributed by atoms with Crippen molar-refractivity contribution < 1.29 is 4.79 Å². The molecule has 1 aromatic heterocycles. The zero-order valence-corrected chi connectivity index (χ0v) is 15.7. The molecule has 8 heteroatoms. The molecule has 1 aliphatic rings. The number of carbonyl (C=O) groups excluding carboxylic acids is 1. The van der Waals surface area contributed by atoms with Gasteiger partial charge in [0.25, 0.3) is 0 Å². The number of anilines is 2. The first kappa shape index (κ1) is 17.8. The minimum atomic E-state index is -0.331. The van der Waals surface area contributed by atoms with Crippen LogP contribution in [0.15, 0.2) is 59.8 Å². The highest BCUT2D eigenvalue weighted by molar-refractivity contribution is 8.04. The third-order valence-electron chi connectivity index (χ3n) is 4.12. The first-order valence-corrected chi connectivity index (χ1v) is 9.46. The second-order valence-electron chi connectivity index (χ2n) is 5.81. The average molecular weight is 397 g/mol. The molecule has 3 aromatic rings. The fourth-order valence-corrected chi connectivity index (χ4v) is 4.11. The van der Waals surface area contributed by atoms with E-state index < -0.39 is 0 Å². The summed E-state index contributed by atoms with van der Waals surface area (Å²) in [6.45, 7) is 0.327. The minimum absolute atomic E-state index is 0.327. The summed E-state index contributed by atoms with van der Waals surface area (Å²) in [5.74, 6) is 0.595. The zero-order chi connectivity index (χ0) is 18.8. The minimum Gasteiger partial charge on any atom is -0.340 e. The van der Waals surface area contributed by atoms with E-state index in [1.54, 1.807) is 18.5 Å². The van der Waals surface area contributed by atoms with Crippen LogP contribution in [0.1, 0.15) is 5.56 Å². The molecule has 0 amide bonds. The van der Waals surface area contributed by atoms with Gasteiger partial charge in [0.05, 0.1) is 32.8 Å². The van der Waals surface area contributed by atoms with Crippen molar-refractivity contribution in [3.05, 3.63) is 70.4 Å².